The Labute approximate surface area is 147 Å². The quantitative estimate of drug-likeness (QED) is 0.471. The fourth-order valence-electron chi connectivity index (χ4n) is 2.43. The van der Waals surface area contributed by atoms with Gasteiger partial charge < -0.3 is 10.1 Å². The molecule has 6 heteroatoms. The predicted molar refractivity (Wildman–Crippen MR) is 96.2 cm³/mol. The van der Waals surface area contributed by atoms with E-state index >= 15 is 0 Å². The minimum absolute atomic E-state index is 0.106. The van der Waals surface area contributed by atoms with E-state index in [1.165, 1.54) is 18.2 Å². The molecule has 0 unspecified atom stereocenters. The third-order valence-electron chi connectivity index (χ3n) is 3.76. The van der Waals surface area contributed by atoms with Crippen molar-refractivity contribution in [3.8, 4) is 5.75 Å². The standard InChI is InChI=1S/C19H22N2O4/c1-13(2)17-8-7-14(3)11-18(17)25-10-9-20-19(22)15-5-4-6-16(12-15)21(23)24/h4-8,11-13H,9-10H2,1-3H3,(H,20,22). The molecule has 6 nitrogen and oxygen atoms in total. The van der Waals surface area contributed by atoms with Gasteiger partial charge in [0.05, 0.1) is 11.5 Å². The average Bonchev–Trinajstić information content (AvgIpc) is 2.58. The Morgan fingerprint density at radius 1 is 1.24 bits per heavy atom. The average molecular weight is 342 g/mol. The summed E-state index contributed by atoms with van der Waals surface area (Å²) in [6, 6.07) is 11.7. The molecular formula is C19H22N2O4. The van der Waals surface area contributed by atoms with Crippen LogP contribution in [0.3, 0.4) is 0 Å². The molecule has 0 fully saturated rings. The van der Waals surface area contributed by atoms with Crippen molar-refractivity contribution in [1.82, 2.24) is 5.32 Å². The number of hydrogen-bond acceptors (Lipinski definition) is 4. The van der Waals surface area contributed by atoms with E-state index in [0.717, 1.165) is 16.9 Å². The Morgan fingerprint density at radius 3 is 2.68 bits per heavy atom. The van der Waals surface area contributed by atoms with Gasteiger partial charge in [0.15, 0.2) is 0 Å². The van der Waals surface area contributed by atoms with Crippen molar-refractivity contribution in [3.05, 3.63) is 69.3 Å². The van der Waals surface area contributed by atoms with Crippen LogP contribution < -0.4 is 10.1 Å². The first kappa shape index (κ1) is 18.4. The molecule has 0 aromatic heterocycles. The van der Waals surface area contributed by atoms with E-state index < -0.39 is 4.92 Å². The van der Waals surface area contributed by atoms with Gasteiger partial charge in [-0.25, -0.2) is 0 Å². The lowest BCUT2D eigenvalue weighted by molar-refractivity contribution is -0.384. The van der Waals surface area contributed by atoms with Crippen LogP contribution in [0.4, 0.5) is 5.69 Å². The molecular weight excluding hydrogens is 320 g/mol. The van der Waals surface area contributed by atoms with Crippen LogP contribution in [-0.2, 0) is 0 Å². The van der Waals surface area contributed by atoms with Crippen molar-refractivity contribution in [2.75, 3.05) is 13.2 Å². The first-order chi connectivity index (χ1) is 11.9. The molecule has 0 aliphatic heterocycles. The molecule has 1 N–H and O–H groups in total. The number of nitro groups is 1. The number of nitrogens with one attached hydrogen (secondary N) is 1. The Bertz CT molecular complexity index is 772. The van der Waals surface area contributed by atoms with Gasteiger partial charge in [0.1, 0.15) is 12.4 Å². The molecule has 2 aromatic rings. The zero-order valence-electron chi connectivity index (χ0n) is 14.6. The minimum Gasteiger partial charge on any atom is -0.491 e. The molecule has 0 spiro atoms. The second kappa shape index (κ2) is 8.28. The molecule has 0 saturated carbocycles. The third kappa shape index (κ3) is 5.04. The minimum atomic E-state index is -0.523. The molecule has 2 rings (SSSR count). The Kier molecular flexibility index (Phi) is 6.11. The van der Waals surface area contributed by atoms with E-state index in [1.807, 2.05) is 19.1 Å². The Balaban J connectivity index is 1.91. The van der Waals surface area contributed by atoms with E-state index in [9.17, 15) is 14.9 Å². The highest BCUT2D eigenvalue weighted by Crippen LogP contribution is 2.27. The van der Waals surface area contributed by atoms with Crippen LogP contribution in [0.15, 0.2) is 42.5 Å². The summed E-state index contributed by atoms with van der Waals surface area (Å²) in [6.45, 7) is 6.83. The molecule has 0 aliphatic carbocycles. The molecule has 0 bridgehead atoms. The zero-order chi connectivity index (χ0) is 18.4. The van der Waals surface area contributed by atoms with E-state index in [4.69, 9.17) is 4.74 Å². The number of rotatable bonds is 7. The fraction of sp³-hybridized carbons (Fsp3) is 0.316. The summed E-state index contributed by atoms with van der Waals surface area (Å²) in [5.74, 6) is 0.801. The number of hydrogen-bond donors (Lipinski definition) is 1. The second-order valence-corrected chi connectivity index (χ2v) is 6.11. The van der Waals surface area contributed by atoms with E-state index in [1.54, 1.807) is 6.07 Å². The van der Waals surface area contributed by atoms with Crippen LogP contribution in [0.5, 0.6) is 5.75 Å². The summed E-state index contributed by atoms with van der Waals surface area (Å²) in [7, 11) is 0. The lowest BCUT2D eigenvalue weighted by Crippen LogP contribution is -2.28. The number of carbonyl (C=O) groups excluding carboxylic acids is 1. The van der Waals surface area contributed by atoms with Gasteiger partial charge in [-0.1, -0.05) is 32.0 Å². The van der Waals surface area contributed by atoms with Gasteiger partial charge >= 0.3 is 0 Å². The molecule has 132 valence electrons. The number of ether oxygens (including phenoxy) is 1. The van der Waals surface area contributed by atoms with Gasteiger partial charge in [-0.3, -0.25) is 14.9 Å². The van der Waals surface area contributed by atoms with Crippen molar-refractivity contribution in [2.24, 2.45) is 0 Å². The first-order valence-electron chi connectivity index (χ1n) is 8.14. The van der Waals surface area contributed by atoms with Crippen molar-refractivity contribution in [3.63, 3.8) is 0 Å². The summed E-state index contributed by atoms with van der Waals surface area (Å²) in [5.41, 5.74) is 2.38. The Morgan fingerprint density at radius 2 is 2.00 bits per heavy atom. The number of amides is 1. The van der Waals surface area contributed by atoms with Gasteiger partial charge in [-0.2, -0.15) is 0 Å². The first-order valence-corrected chi connectivity index (χ1v) is 8.14. The summed E-state index contributed by atoms with van der Waals surface area (Å²) in [5, 5.41) is 13.5. The molecule has 1 amide bonds. The van der Waals surface area contributed by atoms with Crippen LogP contribution in [0.2, 0.25) is 0 Å². The topological polar surface area (TPSA) is 81.5 Å². The summed E-state index contributed by atoms with van der Waals surface area (Å²) in [4.78, 5) is 22.3. The van der Waals surface area contributed by atoms with Gasteiger partial charge in [-0.15, -0.1) is 0 Å². The van der Waals surface area contributed by atoms with Crippen molar-refractivity contribution in [2.45, 2.75) is 26.7 Å². The number of nitrogens with zero attached hydrogens (tertiary/aromatic N) is 1. The predicted octanol–water partition coefficient (Wildman–Crippen LogP) is 3.84. The van der Waals surface area contributed by atoms with Gasteiger partial charge in [-0.05, 0) is 36.1 Å². The van der Waals surface area contributed by atoms with Crippen LogP contribution in [0.25, 0.3) is 0 Å². The normalized spacial score (nSPS) is 10.6. The zero-order valence-corrected chi connectivity index (χ0v) is 14.6. The molecule has 2 aromatic carbocycles. The number of carbonyl (C=O) groups is 1. The fourth-order valence-corrected chi connectivity index (χ4v) is 2.43. The highest BCUT2D eigenvalue weighted by Gasteiger charge is 2.12. The van der Waals surface area contributed by atoms with Crippen LogP contribution in [-0.4, -0.2) is 24.0 Å². The van der Waals surface area contributed by atoms with E-state index in [0.29, 0.717) is 19.1 Å². The maximum Gasteiger partial charge on any atom is 0.270 e. The van der Waals surface area contributed by atoms with Crippen molar-refractivity contribution >= 4 is 11.6 Å². The molecule has 0 aliphatic rings. The lowest BCUT2D eigenvalue weighted by Gasteiger charge is -2.15. The number of nitro benzene ring substituents is 1. The maximum atomic E-state index is 12.1. The van der Waals surface area contributed by atoms with Gasteiger partial charge in [0.25, 0.3) is 11.6 Å². The molecule has 0 saturated heterocycles. The van der Waals surface area contributed by atoms with E-state index in [-0.39, 0.29) is 17.2 Å². The van der Waals surface area contributed by atoms with Crippen LogP contribution in [0.1, 0.15) is 41.3 Å². The smallest absolute Gasteiger partial charge is 0.270 e. The number of benzene rings is 2. The SMILES string of the molecule is Cc1ccc(C(C)C)c(OCCNC(=O)c2cccc([N+](=O)[O-])c2)c1. The molecule has 25 heavy (non-hydrogen) atoms. The molecule has 0 radical (unpaired) electrons. The largest absolute Gasteiger partial charge is 0.491 e. The van der Waals surface area contributed by atoms with Gasteiger partial charge in [0, 0.05) is 17.7 Å². The van der Waals surface area contributed by atoms with Gasteiger partial charge in [0.2, 0.25) is 0 Å². The molecule has 0 heterocycles. The van der Waals surface area contributed by atoms with Crippen LogP contribution >= 0.6 is 0 Å². The highest BCUT2D eigenvalue weighted by atomic mass is 16.6. The highest BCUT2D eigenvalue weighted by molar-refractivity contribution is 5.94. The monoisotopic (exact) mass is 342 g/mol. The van der Waals surface area contributed by atoms with Crippen molar-refractivity contribution < 1.29 is 14.5 Å². The molecule has 0 atom stereocenters. The summed E-state index contributed by atoms with van der Waals surface area (Å²) >= 11 is 0. The third-order valence-corrected chi connectivity index (χ3v) is 3.76. The second-order valence-electron chi connectivity index (χ2n) is 6.11. The van der Waals surface area contributed by atoms with E-state index in [2.05, 4.69) is 25.2 Å². The number of non-ortho nitro benzene ring substituents is 1. The summed E-state index contributed by atoms with van der Waals surface area (Å²) < 4.78 is 5.80. The van der Waals surface area contributed by atoms with Crippen molar-refractivity contribution in [1.29, 1.82) is 0 Å². The lowest BCUT2D eigenvalue weighted by atomic mass is 10.0. The number of aryl methyl sites for hydroxylation is 1. The Hall–Kier alpha value is -2.89. The summed E-state index contributed by atoms with van der Waals surface area (Å²) in [6.07, 6.45) is 0. The van der Waals surface area contributed by atoms with Crippen LogP contribution in [0, 0.1) is 17.0 Å². The maximum absolute atomic E-state index is 12.1.